The van der Waals surface area contributed by atoms with Gasteiger partial charge in [-0.2, -0.15) is 0 Å². The molecule has 2 aromatic rings. The van der Waals surface area contributed by atoms with E-state index in [0.717, 1.165) is 45.8 Å². The minimum absolute atomic E-state index is 0.192. The lowest BCUT2D eigenvalue weighted by Crippen LogP contribution is -2.38. The van der Waals surface area contributed by atoms with Crippen molar-refractivity contribution < 1.29 is 9.53 Å². The van der Waals surface area contributed by atoms with E-state index in [4.69, 9.17) is 4.74 Å². The number of amides is 1. The number of thiophene rings is 1. The fraction of sp³-hybridized carbons (Fsp3) is 0.500. The van der Waals surface area contributed by atoms with Gasteiger partial charge in [-0.05, 0) is 55.3 Å². The summed E-state index contributed by atoms with van der Waals surface area (Å²) in [4.78, 5) is 16.0. The maximum atomic E-state index is 13.1. The Bertz CT molecular complexity index is 755. The van der Waals surface area contributed by atoms with Gasteiger partial charge in [-0.25, -0.2) is 0 Å². The summed E-state index contributed by atoms with van der Waals surface area (Å²) in [6, 6.07) is 7.12. The molecule has 3 heterocycles. The highest BCUT2D eigenvalue weighted by Crippen LogP contribution is 2.34. The number of hydrogen-bond acceptors (Lipinski definition) is 4. The first-order valence-corrected chi connectivity index (χ1v) is 9.10. The molecule has 0 spiro atoms. The summed E-state index contributed by atoms with van der Waals surface area (Å²) in [7, 11) is 1.67. The van der Waals surface area contributed by atoms with Gasteiger partial charge in [0.2, 0.25) is 0 Å². The molecule has 1 aromatic carbocycles. The molecule has 1 amide bonds. The molecular weight excluding hydrogens is 308 g/mol. The Morgan fingerprint density at radius 1 is 1.30 bits per heavy atom. The summed E-state index contributed by atoms with van der Waals surface area (Å²) >= 11 is 1.60. The van der Waals surface area contributed by atoms with Gasteiger partial charge in [0.15, 0.2) is 0 Å². The third-order valence-corrected chi connectivity index (χ3v) is 6.41. The van der Waals surface area contributed by atoms with Crippen LogP contribution in [-0.4, -0.2) is 43.1 Å². The summed E-state index contributed by atoms with van der Waals surface area (Å²) in [6.07, 6.45) is 3.52. The average molecular weight is 330 g/mol. The zero-order valence-electron chi connectivity index (χ0n) is 13.6. The molecule has 2 atom stereocenters. The van der Waals surface area contributed by atoms with Crippen LogP contribution in [0.2, 0.25) is 0 Å². The van der Waals surface area contributed by atoms with Gasteiger partial charge in [0.1, 0.15) is 5.75 Å². The lowest BCUT2D eigenvalue weighted by molar-refractivity contribution is 0.0752. The van der Waals surface area contributed by atoms with Gasteiger partial charge in [-0.15, -0.1) is 11.3 Å². The van der Waals surface area contributed by atoms with Crippen LogP contribution >= 0.6 is 11.3 Å². The molecule has 1 aromatic heterocycles. The number of nitrogens with zero attached hydrogens (tertiary/aromatic N) is 1. The fourth-order valence-corrected chi connectivity index (χ4v) is 4.96. The standard InChI is InChI=1S/C18H22N2O2S/c1-11-15-9-14(22-2)5-6-16(15)23-17(11)18(21)20-8-7-12-3-4-13(10-20)19-12/h5-6,9,12-13,19H,3-4,7-8,10H2,1-2H3. The summed E-state index contributed by atoms with van der Waals surface area (Å²) < 4.78 is 6.47. The van der Waals surface area contributed by atoms with E-state index in [1.807, 2.05) is 24.0 Å². The molecule has 1 N–H and O–H groups in total. The van der Waals surface area contributed by atoms with Crippen LogP contribution in [0.25, 0.3) is 10.1 Å². The van der Waals surface area contributed by atoms with Gasteiger partial charge < -0.3 is 15.0 Å². The van der Waals surface area contributed by atoms with Crippen LogP contribution in [0.4, 0.5) is 0 Å². The second-order valence-electron chi connectivity index (χ2n) is 6.60. The van der Waals surface area contributed by atoms with E-state index < -0.39 is 0 Å². The van der Waals surface area contributed by atoms with Crippen LogP contribution in [0.1, 0.15) is 34.5 Å². The van der Waals surface area contributed by atoms with Crippen molar-refractivity contribution in [3.05, 3.63) is 28.6 Å². The molecule has 2 aliphatic heterocycles. The number of hydrogen-bond donors (Lipinski definition) is 1. The summed E-state index contributed by atoms with van der Waals surface area (Å²) in [5, 5.41) is 4.77. The van der Waals surface area contributed by atoms with Crippen molar-refractivity contribution in [2.45, 2.75) is 38.3 Å². The number of likely N-dealkylation sites (tertiary alicyclic amines) is 1. The highest BCUT2D eigenvalue weighted by atomic mass is 32.1. The van der Waals surface area contributed by atoms with E-state index in [0.29, 0.717) is 12.1 Å². The number of ether oxygens (including phenoxy) is 1. The van der Waals surface area contributed by atoms with Crippen molar-refractivity contribution in [3.8, 4) is 5.75 Å². The lowest BCUT2D eigenvalue weighted by atomic mass is 10.1. The first-order valence-electron chi connectivity index (χ1n) is 8.28. The van der Waals surface area contributed by atoms with E-state index in [2.05, 4.69) is 11.4 Å². The van der Waals surface area contributed by atoms with Gasteiger partial charge in [0.05, 0.1) is 12.0 Å². The van der Waals surface area contributed by atoms with Gasteiger partial charge >= 0.3 is 0 Å². The van der Waals surface area contributed by atoms with Crippen molar-refractivity contribution in [2.75, 3.05) is 20.2 Å². The summed E-state index contributed by atoms with van der Waals surface area (Å²) in [6.45, 7) is 3.75. The molecule has 2 aliphatic rings. The molecule has 0 radical (unpaired) electrons. The molecule has 5 heteroatoms. The SMILES string of the molecule is COc1ccc2sc(C(=O)N3CCC4CCC(C3)N4)c(C)c2c1. The van der Waals surface area contributed by atoms with Crippen molar-refractivity contribution in [2.24, 2.45) is 0 Å². The lowest BCUT2D eigenvalue weighted by Gasteiger charge is -2.24. The monoisotopic (exact) mass is 330 g/mol. The predicted octanol–water partition coefficient (Wildman–Crippen LogP) is 3.18. The first-order chi connectivity index (χ1) is 11.2. The quantitative estimate of drug-likeness (QED) is 0.919. The Morgan fingerprint density at radius 3 is 2.96 bits per heavy atom. The minimum Gasteiger partial charge on any atom is -0.497 e. The van der Waals surface area contributed by atoms with Gasteiger partial charge in [0, 0.05) is 29.9 Å². The van der Waals surface area contributed by atoms with Crippen molar-refractivity contribution in [3.63, 3.8) is 0 Å². The second-order valence-corrected chi connectivity index (χ2v) is 7.65. The number of fused-ring (bicyclic) bond motifs is 3. The smallest absolute Gasteiger partial charge is 0.264 e. The number of carbonyl (C=O) groups excluding carboxylic acids is 1. The Balaban J connectivity index is 1.65. The van der Waals surface area contributed by atoms with E-state index in [9.17, 15) is 4.79 Å². The molecule has 2 unspecified atom stereocenters. The van der Waals surface area contributed by atoms with Crippen LogP contribution in [0.5, 0.6) is 5.75 Å². The molecule has 4 nitrogen and oxygen atoms in total. The number of methoxy groups -OCH3 is 1. The van der Waals surface area contributed by atoms with Gasteiger partial charge in [-0.3, -0.25) is 4.79 Å². The predicted molar refractivity (Wildman–Crippen MR) is 93.6 cm³/mol. The normalized spacial score (nSPS) is 24.0. The van der Waals surface area contributed by atoms with Crippen LogP contribution in [0.3, 0.4) is 0 Å². The number of carbonyl (C=O) groups is 1. The second kappa shape index (κ2) is 5.80. The van der Waals surface area contributed by atoms with Crippen LogP contribution in [0.15, 0.2) is 18.2 Å². The highest BCUT2D eigenvalue weighted by molar-refractivity contribution is 7.21. The number of aryl methyl sites for hydroxylation is 1. The molecule has 2 saturated heterocycles. The van der Waals surface area contributed by atoms with Crippen molar-refractivity contribution >= 4 is 27.3 Å². The van der Waals surface area contributed by atoms with Crippen LogP contribution in [0, 0.1) is 6.92 Å². The molecule has 23 heavy (non-hydrogen) atoms. The Hall–Kier alpha value is -1.59. The minimum atomic E-state index is 0.192. The van der Waals surface area contributed by atoms with Crippen LogP contribution < -0.4 is 10.1 Å². The van der Waals surface area contributed by atoms with Crippen molar-refractivity contribution in [1.82, 2.24) is 10.2 Å². The van der Waals surface area contributed by atoms with E-state index >= 15 is 0 Å². The molecule has 0 saturated carbocycles. The van der Waals surface area contributed by atoms with Gasteiger partial charge in [-0.1, -0.05) is 0 Å². The maximum Gasteiger partial charge on any atom is 0.264 e. The third-order valence-electron chi connectivity index (χ3n) is 5.15. The van der Waals surface area contributed by atoms with Crippen LogP contribution in [-0.2, 0) is 0 Å². The number of nitrogens with one attached hydrogen (secondary N) is 1. The van der Waals surface area contributed by atoms with Gasteiger partial charge in [0.25, 0.3) is 5.91 Å². The molecule has 2 fully saturated rings. The van der Waals surface area contributed by atoms with E-state index in [-0.39, 0.29) is 5.91 Å². The Kier molecular flexibility index (Phi) is 3.77. The zero-order chi connectivity index (χ0) is 16.0. The molecular formula is C18H22N2O2S. The molecule has 122 valence electrons. The number of rotatable bonds is 2. The largest absolute Gasteiger partial charge is 0.497 e. The fourth-order valence-electron chi connectivity index (χ4n) is 3.80. The molecule has 4 rings (SSSR count). The number of benzene rings is 1. The zero-order valence-corrected chi connectivity index (χ0v) is 14.4. The Labute approximate surface area is 140 Å². The Morgan fingerprint density at radius 2 is 2.13 bits per heavy atom. The summed E-state index contributed by atoms with van der Waals surface area (Å²) in [5.74, 6) is 1.03. The average Bonchev–Trinajstić information content (AvgIpc) is 3.06. The van der Waals surface area contributed by atoms with E-state index in [1.54, 1.807) is 18.4 Å². The highest BCUT2D eigenvalue weighted by Gasteiger charge is 2.32. The maximum absolute atomic E-state index is 13.1. The van der Waals surface area contributed by atoms with Crippen molar-refractivity contribution in [1.29, 1.82) is 0 Å². The summed E-state index contributed by atoms with van der Waals surface area (Å²) in [5.41, 5.74) is 1.08. The molecule has 2 bridgehead atoms. The third kappa shape index (κ3) is 2.62. The van der Waals surface area contributed by atoms with E-state index in [1.165, 1.54) is 12.8 Å². The topological polar surface area (TPSA) is 41.6 Å². The molecule has 0 aliphatic carbocycles. The first kappa shape index (κ1) is 15.0.